The Morgan fingerprint density at radius 1 is 0.885 bits per heavy atom. The van der Waals surface area contributed by atoms with E-state index in [-0.39, 0.29) is 6.61 Å². The molecular weight excluding hydrogens is 344 g/mol. The molecule has 1 fully saturated rings. The summed E-state index contributed by atoms with van der Waals surface area (Å²) in [5.41, 5.74) is 0.704. The van der Waals surface area contributed by atoms with E-state index in [1.165, 1.54) is 20.8 Å². The second-order valence-electron chi connectivity index (χ2n) is 5.82. The van der Waals surface area contributed by atoms with Gasteiger partial charge in [-0.25, -0.2) is 0 Å². The van der Waals surface area contributed by atoms with E-state index in [0.717, 1.165) is 0 Å². The fourth-order valence-corrected chi connectivity index (χ4v) is 2.82. The van der Waals surface area contributed by atoms with E-state index in [1.54, 1.807) is 31.4 Å². The zero-order chi connectivity index (χ0) is 19.3. The third-order valence-corrected chi connectivity index (χ3v) is 3.79. The molecule has 1 aliphatic rings. The van der Waals surface area contributed by atoms with Crippen LogP contribution >= 0.6 is 0 Å². The van der Waals surface area contributed by atoms with Gasteiger partial charge in [-0.15, -0.1) is 0 Å². The average Bonchev–Trinajstić information content (AvgIpc) is 2.57. The summed E-state index contributed by atoms with van der Waals surface area (Å²) in [6.45, 7) is 3.70. The standard InChI is InChI=1S/C18H22O8/c1-10(19)24-15-9-23-16(13-5-7-14(22-4)8-6-13)18(26-12(3)21)17(15)25-11(2)20/h5-8,15-18H,9H2,1-4H3/t15-,16+,17-,18+/m1/s1. The predicted molar refractivity (Wildman–Crippen MR) is 88.3 cm³/mol. The van der Waals surface area contributed by atoms with Crippen LogP contribution in [0.15, 0.2) is 24.3 Å². The molecule has 0 N–H and O–H groups in total. The number of methoxy groups -OCH3 is 1. The van der Waals surface area contributed by atoms with Crippen LogP contribution in [0.25, 0.3) is 0 Å². The minimum Gasteiger partial charge on any atom is -0.497 e. The molecule has 0 radical (unpaired) electrons. The van der Waals surface area contributed by atoms with Crippen molar-refractivity contribution in [1.29, 1.82) is 0 Å². The molecule has 2 rings (SSSR count). The fourth-order valence-electron chi connectivity index (χ4n) is 2.82. The van der Waals surface area contributed by atoms with Crippen molar-refractivity contribution in [2.75, 3.05) is 13.7 Å². The summed E-state index contributed by atoms with van der Waals surface area (Å²) in [6.07, 6.45) is -3.53. The van der Waals surface area contributed by atoms with Crippen molar-refractivity contribution in [1.82, 2.24) is 0 Å². The maximum absolute atomic E-state index is 11.6. The summed E-state index contributed by atoms with van der Waals surface area (Å²) in [5, 5.41) is 0. The molecule has 1 aromatic carbocycles. The first-order valence-corrected chi connectivity index (χ1v) is 8.09. The second-order valence-corrected chi connectivity index (χ2v) is 5.82. The van der Waals surface area contributed by atoms with Crippen LogP contribution in [-0.2, 0) is 33.3 Å². The van der Waals surface area contributed by atoms with Crippen LogP contribution in [0, 0.1) is 0 Å². The van der Waals surface area contributed by atoms with E-state index >= 15 is 0 Å². The van der Waals surface area contributed by atoms with Crippen molar-refractivity contribution in [3.63, 3.8) is 0 Å². The Labute approximate surface area is 151 Å². The Bertz CT molecular complexity index is 654. The smallest absolute Gasteiger partial charge is 0.303 e. The van der Waals surface area contributed by atoms with Gasteiger partial charge < -0.3 is 23.7 Å². The first-order chi connectivity index (χ1) is 12.3. The van der Waals surface area contributed by atoms with E-state index < -0.39 is 42.3 Å². The third kappa shape index (κ3) is 4.95. The molecule has 26 heavy (non-hydrogen) atoms. The Morgan fingerprint density at radius 3 is 1.92 bits per heavy atom. The van der Waals surface area contributed by atoms with Crippen LogP contribution in [0.4, 0.5) is 0 Å². The maximum atomic E-state index is 11.6. The van der Waals surface area contributed by atoms with Gasteiger partial charge in [0.2, 0.25) is 0 Å². The summed E-state index contributed by atoms with van der Waals surface area (Å²) >= 11 is 0. The van der Waals surface area contributed by atoms with E-state index in [2.05, 4.69) is 0 Å². The minimum atomic E-state index is -0.985. The van der Waals surface area contributed by atoms with Crippen molar-refractivity contribution in [2.24, 2.45) is 0 Å². The Balaban J connectivity index is 2.35. The molecule has 0 amide bonds. The number of ether oxygens (including phenoxy) is 5. The highest BCUT2D eigenvalue weighted by atomic mass is 16.6. The van der Waals surface area contributed by atoms with E-state index in [4.69, 9.17) is 23.7 Å². The van der Waals surface area contributed by atoms with Crippen molar-refractivity contribution < 1.29 is 38.1 Å². The van der Waals surface area contributed by atoms with Gasteiger partial charge in [0, 0.05) is 20.8 Å². The minimum absolute atomic E-state index is 0.00795. The molecule has 8 nitrogen and oxygen atoms in total. The van der Waals surface area contributed by atoms with Gasteiger partial charge in [0.25, 0.3) is 0 Å². The second kappa shape index (κ2) is 8.66. The third-order valence-electron chi connectivity index (χ3n) is 3.79. The molecule has 142 valence electrons. The molecule has 0 aromatic heterocycles. The van der Waals surface area contributed by atoms with Crippen molar-refractivity contribution in [2.45, 2.75) is 45.2 Å². The summed E-state index contributed by atoms with van der Waals surface area (Å²) in [6, 6.07) is 7.00. The van der Waals surface area contributed by atoms with Crippen LogP contribution in [-0.4, -0.2) is 49.9 Å². The van der Waals surface area contributed by atoms with Gasteiger partial charge in [-0.2, -0.15) is 0 Å². The van der Waals surface area contributed by atoms with Gasteiger partial charge in [-0.3, -0.25) is 14.4 Å². The lowest BCUT2D eigenvalue weighted by molar-refractivity contribution is -0.227. The maximum Gasteiger partial charge on any atom is 0.303 e. The van der Waals surface area contributed by atoms with Gasteiger partial charge in [0.1, 0.15) is 11.9 Å². The molecule has 1 aliphatic heterocycles. The van der Waals surface area contributed by atoms with E-state index in [1.807, 2.05) is 0 Å². The van der Waals surface area contributed by atoms with Crippen LogP contribution < -0.4 is 4.74 Å². The van der Waals surface area contributed by atoms with Gasteiger partial charge in [0.15, 0.2) is 18.3 Å². The summed E-state index contributed by atoms with van der Waals surface area (Å²) in [7, 11) is 1.55. The van der Waals surface area contributed by atoms with Crippen molar-refractivity contribution >= 4 is 17.9 Å². The topological polar surface area (TPSA) is 97.4 Å². The van der Waals surface area contributed by atoms with Gasteiger partial charge in [0.05, 0.1) is 13.7 Å². The van der Waals surface area contributed by atoms with Gasteiger partial charge in [-0.05, 0) is 17.7 Å². The van der Waals surface area contributed by atoms with E-state index in [9.17, 15) is 14.4 Å². The summed E-state index contributed by atoms with van der Waals surface area (Å²) in [5.74, 6) is -1.06. The average molecular weight is 366 g/mol. The van der Waals surface area contributed by atoms with Gasteiger partial charge >= 0.3 is 17.9 Å². The summed E-state index contributed by atoms with van der Waals surface area (Å²) < 4.78 is 26.8. The normalized spacial score (nSPS) is 25.1. The van der Waals surface area contributed by atoms with E-state index in [0.29, 0.717) is 11.3 Å². The van der Waals surface area contributed by atoms with Crippen LogP contribution in [0.1, 0.15) is 32.4 Å². The van der Waals surface area contributed by atoms with Crippen LogP contribution in [0.5, 0.6) is 5.75 Å². The van der Waals surface area contributed by atoms with Crippen molar-refractivity contribution in [3.8, 4) is 5.75 Å². The highest BCUT2D eigenvalue weighted by molar-refractivity contribution is 5.68. The SMILES string of the molecule is COc1ccc([C@@H]2OC[C@@H](OC(C)=O)[C@@H](OC(C)=O)[C@H]2OC(C)=O)cc1. The number of rotatable bonds is 5. The molecule has 1 saturated heterocycles. The lowest BCUT2D eigenvalue weighted by atomic mass is 9.94. The molecular formula is C18H22O8. The first-order valence-electron chi connectivity index (χ1n) is 8.09. The molecule has 0 unspecified atom stereocenters. The highest BCUT2D eigenvalue weighted by Crippen LogP contribution is 2.34. The summed E-state index contributed by atoms with van der Waals surface area (Å²) in [4.78, 5) is 34.5. The number of esters is 3. The molecule has 0 spiro atoms. The van der Waals surface area contributed by atoms with Crippen LogP contribution in [0.2, 0.25) is 0 Å². The zero-order valence-corrected chi connectivity index (χ0v) is 15.1. The quantitative estimate of drug-likeness (QED) is 0.572. The molecule has 0 saturated carbocycles. The fraction of sp³-hybridized carbons (Fsp3) is 0.500. The lowest BCUT2D eigenvalue weighted by Gasteiger charge is -2.40. The number of benzene rings is 1. The predicted octanol–water partition coefficient (Wildman–Crippen LogP) is 1.56. The molecule has 8 heteroatoms. The largest absolute Gasteiger partial charge is 0.497 e. The Kier molecular flexibility index (Phi) is 6.57. The zero-order valence-electron chi connectivity index (χ0n) is 15.1. The number of carbonyl (C=O) groups is 3. The lowest BCUT2D eigenvalue weighted by Crippen LogP contribution is -2.54. The molecule has 4 atom stereocenters. The molecule has 0 bridgehead atoms. The Morgan fingerprint density at radius 2 is 1.42 bits per heavy atom. The first kappa shape index (κ1) is 19.7. The highest BCUT2D eigenvalue weighted by Gasteiger charge is 2.47. The van der Waals surface area contributed by atoms with Crippen molar-refractivity contribution in [3.05, 3.63) is 29.8 Å². The molecule has 1 heterocycles. The molecule has 0 aliphatic carbocycles. The number of hydrogen-bond donors (Lipinski definition) is 0. The van der Waals surface area contributed by atoms with Gasteiger partial charge in [-0.1, -0.05) is 12.1 Å². The number of hydrogen-bond acceptors (Lipinski definition) is 8. The molecule has 1 aromatic rings. The number of carbonyl (C=O) groups excluding carboxylic acids is 3. The van der Waals surface area contributed by atoms with Crippen LogP contribution in [0.3, 0.4) is 0 Å². The monoisotopic (exact) mass is 366 g/mol. The Hall–Kier alpha value is -2.61.